The van der Waals surface area contributed by atoms with Crippen LogP contribution in [0.2, 0.25) is 0 Å². The Morgan fingerprint density at radius 2 is 1.52 bits per heavy atom. The Morgan fingerprint density at radius 3 is 2.14 bits per heavy atom. The smallest absolute Gasteiger partial charge is 0.222 e. The van der Waals surface area contributed by atoms with Crippen LogP contribution in [-0.4, -0.2) is 29.1 Å². The third-order valence-electron chi connectivity index (χ3n) is 3.43. The lowest BCUT2D eigenvalue weighted by Gasteiger charge is -2.23. The molecule has 0 bridgehead atoms. The van der Waals surface area contributed by atoms with Crippen molar-refractivity contribution in [1.82, 2.24) is 15.3 Å². The van der Waals surface area contributed by atoms with Gasteiger partial charge in [0.2, 0.25) is 5.95 Å². The standard InChI is InChI=1S/C15H18N4.2ClH/c1-2-4-12(5-3-1)13-10-17-15(18-11-13)19-14-6-8-16-9-7-14;;/h1-5,10-11,14,16H,6-9H2,(H,17,18,19);2*1H. The van der Waals surface area contributed by atoms with E-state index >= 15 is 0 Å². The molecule has 1 aliphatic rings. The van der Waals surface area contributed by atoms with E-state index in [0.29, 0.717) is 6.04 Å². The largest absolute Gasteiger partial charge is 0.351 e. The van der Waals surface area contributed by atoms with Crippen molar-refractivity contribution in [3.05, 3.63) is 42.7 Å². The maximum atomic E-state index is 4.41. The van der Waals surface area contributed by atoms with Crippen molar-refractivity contribution in [1.29, 1.82) is 0 Å². The topological polar surface area (TPSA) is 49.8 Å². The van der Waals surface area contributed by atoms with Crippen molar-refractivity contribution in [3.63, 3.8) is 0 Å². The number of anilines is 1. The fourth-order valence-electron chi connectivity index (χ4n) is 2.33. The van der Waals surface area contributed by atoms with Crippen LogP contribution in [0.25, 0.3) is 11.1 Å². The molecule has 1 aromatic heterocycles. The zero-order valence-corrected chi connectivity index (χ0v) is 13.3. The summed E-state index contributed by atoms with van der Waals surface area (Å²) >= 11 is 0. The highest BCUT2D eigenvalue weighted by atomic mass is 35.5. The predicted octanol–water partition coefficient (Wildman–Crippen LogP) is 3.15. The first-order chi connectivity index (χ1) is 9.42. The van der Waals surface area contributed by atoms with Gasteiger partial charge < -0.3 is 10.6 Å². The van der Waals surface area contributed by atoms with E-state index in [-0.39, 0.29) is 24.8 Å². The first-order valence-corrected chi connectivity index (χ1v) is 6.76. The van der Waals surface area contributed by atoms with Gasteiger partial charge in [-0.15, -0.1) is 24.8 Å². The molecule has 114 valence electrons. The van der Waals surface area contributed by atoms with Crippen LogP contribution in [0.3, 0.4) is 0 Å². The molecule has 1 fully saturated rings. The van der Waals surface area contributed by atoms with Gasteiger partial charge >= 0.3 is 0 Å². The Hall–Kier alpha value is -1.36. The normalized spacial score (nSPS) is 14.7. The lowest BCUT2D eigenvalue weighted by Crippen LogP contribution is -2.35. The van der Waals surface area contributed by atoms with Crippen LogP contribution >= 0.6 is 24.8 Å². The fourth-order valence-corrected chi connectivity index (χ4v) is 2.33. The molecule has 1 saturated heterocycles. The molecule has 1 aromatic carbocycles. The summed E-state index contributed by atoms with van der Waals surface area (Å²) < 4.78 is 0. The summed E-state index contributed by atoms with van der Waals surface area (Å²) in [5.41, 5.74) is 2.20. The third kappa shape index (κ3) is 4.84. The maximum Gasteiger partial charge on any atom is 0.222 e. The number of nitrogens with zero attached hydrogens (tertiary/aromatic N) is 2. The van der Waals surface area contributed by atoms with E-state index < -0.39 is 0 Å². The first kappa shape index (κ1) is 17.7. The molecule has 0 atom stereocenters. The highest BCUT2D eigenvalue weighted by Gasteiger charge is 2.13. The van der Waals surface area contributed by atoms with E-state index in [0.717, 1.165) is 43.0 Å². The van der Waals surface area contributed by atoms with Crippen molar-refractivity contribution in [2.24, 2.45) is 0 Å². The molecular formula is C15H20Cl2N4. The van der Waals surface area contributed by atoms with Gasteiger partial charge in [-0.25, -0.2) is 9.97 Å². The molecule has 2 aromatic rings. The molecule has 3 rings (SSSR count). The quantitative estimate of drug-likeness (QED) is 0.909. The summed E-state index contributed by atoms with van der Waals surface area (Å²) in [5.74, 6) is 0.728. The minimum Gasteiger partial charge on any atom is -0.351 e. The highest BCUT2D eigenvalue weighted by molar-refractivity contribution is 5.85. The van der Waals surface area contributed by atoms with Gasteiger partial charge in [-0.2, -0.15) is 0 Å². The molecular weight excluding hydrogens is 307 g/mol. The predicted molar refractivity (Wildman–Crippen MR) is 91.5 cm³/mol. The van der Waals surface area contributed by atoms with Gasteiger partial charge in [-0.05, 0) is 31.5 Å². The maximum absolute atomic E-state index is 4.41. The molecule has 0 saturated carbocycles. The minimum absolute atomic E-state index is 0. The zero-order chi connectivity index (χ0) is 12.9. The second-order valence-corrected chi connectivity index (χ2v) is 4.83. The number of benzene rings is 1. The summed E-state index contributed by atoms with van der Waals surface area (Å²) in [4.78, 5) is 8.81. The van der Waals surface area contributed by atoms with Gasteiger partial charge in [-0.3, -0.25) is 0 Å². The summed E-state index contributed by atoms with van der Waals surface area (Å²) in [6, 6.07) is 10.7. The first-order valence-electron chi connectivity index (χ1n) is 6.76. The molecule has 2 heterocycles. The molecule has 1 aliphatic heterocycles. The van der Waals surface area contributed by atoms with Gasteiger partial charge in [0, 0.05) is 24.0 Å². The van der Waals surface area contributed by atoms with Gasteiger partial charge in [-0.1, -0.05) is 30.3 Å². The Bertz CT molecular complexity index is 513. The van der Waals surface area contributed by atoms with Gasteiger partial charge in [0.25, 0.3) is 0 Å². The van der Waals surface area contributed by atoms with Gasteiger partial charge in [0.1, 0.15) is 0 Å². The average Bonchev–Trinajstić information content (AvgIpc) is 2.50. The van der Waals surface area contributed by atoms with Gasteiger partial charge in [0.05, 0.1) is 0 Å². The van der Waals surface area contributed by atoms with E-state index in [1.165, 1.54) is 0 Å². The lowest BCUT2D eigenvalue weighted by atomic mass is 10.1. The van der Waals surface area contributed by atoms with Crippen molar-refractivity contribution in [3.8, 4) is 11.1 Å². The molecule has 0 unspecified atom stereocenters. The number of hydrogen-bond donors (Lipinski definition) is 2. The number of nitrogens with one attached hydrogen (secondary N) is 2. The number of aromatic nitrogens is 2. The number of halogens is 2. The Labute approximate surface area is 137 Å². The van der Waals surface area contributed by atoms with E-state index in [1.54, 1.807) is 0 Å². The Kier molecular flexibility index (Phi) is 7.43. The number of hydrogen-bond acceptors (Lipinski definition) is 4. The van der Waals surface area contributed by atoms with Crippen molar-refractivity contribution in [2.75, 3.05) is 18.4 Å². The molecule has 0 spiro atoms. The van der Waals surface area contributed by atoms with E-state index in [1.807, 2.05) is 30.6 Å². The van der Waals surface area contributed by atoms with Crippen LogP contribution in [0, 0.1) is 0 Å². The molecule has 6 heteroatoms. The third-order valence-corrected chi connectivity index (χ3v) is 3.43. The zero-order valence-electron chi connectivity index (χ0n) is 11.7. The molecule has 4 nitrogen and oxygen atoms in total. The SMILES string of the molecule is Cl.Cl.c1ccc(-c2cnc(NC3CCNCC3)nc2)cc1. The van der Waals surface area contributed by atoms with E-state index in [2.05, 4.69) is 32.7 Å². The molecule has 0 radical (unpaired) electrons. The number of piperidine rings is 1. The number of rotatable bonds is 3. The summed E-state index contributed by atoms with van der Waals surface area (Å²) in [7, 11) is 0. The van der Waals surface area contributed by atoms with Crippen molar-refractivity contribution in [2.45, 2.75) is 18.9 Å². The van der Waals surface area contributed by atoms with Crippen LogP contribution in [-0.2, 0) is 0 Å². The molecule has 2 N–H and O–H groups in total. The van der Waals surface area contributed by atoms with Crippen LogP contribution < -0.4 is 10.6 Å². The van der Waals surface area contributed by atoms with Crippen LogP contribution in [0.15, 0.2) is 42.7 Å². The summed E-state index contributed by atoms with van der Waals surface area (Å²) in [5, 5.41) is 6.75. The van der Waals surface area contributed by atoms with E-state index in [4.69, 9.17) is 0 Å². The Balaban J connectivity index is 0.00000110. The van der Waals surface area contributed by atoms with Crippen molar-refractivity contribution < 1.29 is 0 Å². The highest BCUT2D eigenvalue weighted by Crippen LogP contribution is 2.17. The van der Waals surface area contributed by atoms with Gasteiger partial charge in [0.15, 0.2) is 0 Å². The van der Waals surface area contributed by atoms with Crippen LogP contribution in [0.5, 0.6) is 0 Å². The average molecular weight is 327 g/mol. The van der Waals surface area contributed by atoms with Crippen LogP contribution in [0.1, 0.15) is 12.8 Å². The summed E-state index contributed by atoms with van der Waals surface area (Å²) in [6.45, 7) is 2.14. The summed E-state index contributed by atoms with van der Waals surface area (Å²) in [6.07, 6.45) is 6.02. The Morgan fingerprint density at radius 1 is 0.905 bits per heavy atom. The van der Waals surface area contributed by atoms with E-state index in [9.17, 15) is 0 Å². The molecule has 0 aliphatic carbocycles. The fraction of sp³-hybridized carbons (Fsp3) is 0.333. The second-order valence-electron chi connectivity index (χ2n) is 4.83. The molecule has 21 heavy (non-hydrogen) atoms. The monoisotopic (exact) mass is 326 g/mol. The molecule has 0 amide bonds. The minimum atomic E-state index is 0. The van der Waals surface area contributed by atoms with Crippen LogP contribution in [0.4, 0.5) is 5.95 Å². The second kappa shape index (κ2) is 8.82. The lowest BCUT2D eigenvalue weighted by molar-refractivity contribution is 0.477. The van der Waals surface area contributed by atoms with Crippen molar-refractivity contribution >= 4 is 30.8 Å².